The molecule has 3 heteroatoms. The van der Waals surface area contributed by atoms with E-state index in [0.29, 0.717) is 6.61 Å². The van der Waals surface area contributed by atoms with Crippen molar-refractivity contribution in [3.8, 4) is 17.1 Å². The molecule has 1 heterocycles. The molecule has 0 N–H and O–H groups in total. The second-order valence-electron chi connectivity index (χ2n) is 10.1. The molecule has 3 nitrogen and oxygen atoms in total. The molecule has 36 heavy (non-hydrogen) atoms. The van der Waals surface area contributed by atoms with Gasteiger partial charge in [-0.1, -0.05) is 102 Å². The van der Waals surface area contributed by atoms with Gasteiger partial charge in [-0.25, -0.2) is 9.97 Å². The van der Waals surface area contributed by atoms with Crippen molar-refractivity contribution in [2.75, 3.05) is 0 Å². The van der Waals surface area contributed by atoms with Crippen molar-refractivity contribution in [2.24, 2.45) is 0 Å². The van der Waals surface area contributed by atoms with Crippen LogP contribution in [0.2, 0.25) is 0 Å². The average Bonchev–Trinajstić information content (AvgIpc) is 2.93. The van der Waals surface area contributed by atoms with Crippen molar-refractivity contribution in [2.45, 2.75) is 110 Å². The van der Waals surface area contributed by atoms with E-state index in [1.165, 1.54) is 100 Å². The molecule has 0 aliphatic rings. The molecule has 0 atom stereocenters. The molecule has 0 aliphatic carbocycles. The molecule has 194 valence electrons. The maximum Gasteiger partial charge on any atom is 0.159 e. The van der Waals surface area contributed by atoms with Crippen LogP contribution in [-0.4, -0.2) is 9.97 Å². The van der Waals surface area contributed by atoms with Gasteiger partial charge < -0.3 is 4.74 Å². The van der Waals surface area contributed by atoms with Crippen molar-refractivity contribution in [1.82, 2.24) is 9.97 Å². The predicted octanol–water partition coefficient (Wildman–Crippen LogP) is 9.53. The van der Waals surface area contributed by atoms with Gasteiger partial charge in [0.2, 0.25) is 0 Å². The average molecular weight is 487 g/mol. The van der Waals surface area contributed by atoms with E-state index in [9.17, 15) is 0 Å². The van der Waals surface area contributed by atoms with E-state index < -0.39 is 0 Å². The monoisotopic (exact) mass is 486 g/mol. The van der Waals surface area contributed by atoms with Crippen LogP contribution in [-0.2, 0) is 19.4 Å². The molecule has 1 aromatic heterocycles. The first-order valence-corrected chi connectivity index (χ1v) is 14.4. The lowest BCUT2D eigenvalue weighted by molar-refractivity contribution is 0.306. The first-order valence-electron chi connectivity index (χ1n) is 14.4. The molecule has 0 saturated heterocycles. The van der Waals surface area contributed by atoms with Gasteiger partial charge in [0.05, 0.1) is 0 Å². The standard InChI is InChI=1S/C33H46N2O/c1-3-5-7-9-10-11-12-14-16-30-25-34-33(35-26-30)31-21-23-32(24-22-31)36-27-29-19-17-28(18-20-29)15-13-8-6-4-2/h17-26H,3-16,27H2,1-2H3. The van der Waals surface area contributed by atoms with Crippen molar-refractivity contribution in [3.63, 3.8) is 0 Å². The minimum Gasteiger partial charge on any atom is -0.489 e. The molecular weight excluding hydrogens is 440 g/mol. The zero-order chi connectivity index (χ0) is 25.3. The Bertz CT molecular complexity index is 948. The van der Waals surface area contributed by atoms with E-state index in [1.807, 2.05) is 36.7 Å². The van der Waals surface area contributed by atoms with Gasteiger partial charge in [-0.05, 0) is 66.6 Å². The van der Waals surface area contributed by atoms with Gasteiger partial charge in [0.25, 0.3) is 0 Å². The third kappa shape index (κ3) is 10.5. The molecule has 0 fully saturated rings. The molecule has 3 rings (SSSR count). The van der Waals surface area contributed by atoms with Crippen molar-refractivity contribution >= 4 is 0 Å². The highest BCUT2D eigenvalue weighted by molar-refractivity contribution is 5.55. The number of aromatic nitrogens is 2. The summed E-state index contributed by atoms with van der Waals surface area (Å²) >= 11 is 0. The number of aryl methyl sites for hydroxylation is 2. The number of ether oxygens (including phenoxy) is 1. The van der Waals surface area contributed by atoms with Crippen LogP contribution in [0.5, 0.6) is 5.75 Å². The fourth-order valence-corrected chi connectivity index (χ4v) is 4.52. The second-order valence-corrected chi connectivity index (χ2v) is 10.1. The van der Waals surface area contributed by atoms with Crippen LogP contribution in [0.1, 0.15) is 108 Å². The zero-order valence-corrected chi connectivity index (χ0v) is 22.7. The normalized spacial score (nSPS) is 11.1. The van der Waals surface area contributed by atoms with Crippen LogP contribution in [0.15, 0.2) is 60.9 Å². The Kier molecular flexibility index (Phi) is 13.1. The van der Waals surface area contributed by atoms with Gasteiger partial charge in [-0.15, -0.1) is 0 Å². The minimum atomic E-state index is 0.583. The quantitative estimate of drug-likeness (QED) is 0.168. The van der Waals surface area contributed by atoms with Crippen LogP contribution in [0.25, 0.3) is 11.4 Å². The lowest BCUT2D eigenvalue weighted by atomic mass is 10.0. The zero-order valence-electron chi connectivity index (χ0n) is 22.7. The van der Waals surface area contributed by atoms with E-state index in [2.05, 4.69) is 48.1 Å². The Hall–Kier alpha value is -2.68. The Morgan fingerprint density at radius 2 is 1.03 bits per heavy atom. The molecule has 3 aromatic rings. The molecule has 0 bridgehead atoms. The Morgan fingerprint density at radius 1 is 0.528 bits per heavy atom. The van der Waals surface area contributed by atoms with Gasteiger partial charge in [-0.2, -0.15) is 0 Å². The first kappa shape index (κ1) is 27.9. The Labute approximate surface area is 219 Å². The highest BCUT2D eigenvalue weighted by Gasteiger charge is 2.04. The number of nitrogens with zero attached hydrogens (tertiary/aromatic N) is 2. The van der Waals surface area contributed by atoms with Crippen LogP contribution >= 0.6 is 0 Å². The third-order valence-corrected chi connectivity index (χ3v) is 6.88. The minimum absolute atomic E-state index is 0.583. The van der Waals surface area contributed by atoms with Crippen LogP contribution in [0.3, 0.4) is 0 Å². The SMILES string of the molecule is CCCCCCCCCCc1cnc(-c2ccc(OCc3ccc(CCCCCC)cc3)cc2)nc1. The van der Waals surface area contributed by atoms with Gasteiger partial charge >= 0.3 is 0 Å². The largest absolute Gasteiger partial charge is 0.489 e. The van der Waals surface area contributed by atoms with Crippen LogP contribution in [0, 0.1) is 0 Å². The lowest BCUT2D eigenvalue weighted by Crippen LogP contribution is -1.96. The highest BCUT2D eigenvalue weighted by Crippen LogP contribution is 2.21. The summed E-state index contributed by atoms with van der Waals surface area (Å²) < 4.78 is 6.01. The van der Waals surface area contributed by atoms with Crippen molar-refractivity contribution < 1.29 is 4.74 Å². The third-order valence-electron chi connectivity index (χ3n) is 6.88. The second kappa shape index (κ2) is 16.9. The summed E-state index contributed by atoms with van der Waals surface area (Å²) in [6.07, 6.45) is 22.2. The number of unbranched alkanes of at least 4 members (excludes halogenated alkanes) is 10. The molecule has 0 amide bonds. The summed E-state index contributed by atoms with van der Waals surface area (Å²) in [5.74, 6) is 1.64. The summed E-state index contributed by atoms with van der Waals surface area (Å²) in [4.78, 5) is 9.22. The first-order chi connectivity index (χ1) is 17.8. The maximum atomic E-state index is 6.01. The topological polar surface area (TPSA) is 35.0 Å². The number of benzene rings is 2. The van der Waals surface area contributed by atoms with Gasteiger partial charge in [0.15, 0.2) is 5.82 Å². The van der Waals surface area contributed by atoms with Gasteiger partial charge in [0, 0.05) is 18.0 Å². The van der Waals surface area contributed by atoms with E-state index in [4.69, 9.17) is 4.74 Å². The summed E-state index contributed by atoms with van der Waals surface area (Å²) in [7, 11) is 0. The van der Waals surface area contributed by atoms with Gasteiger partial charge in [0.1, 0.15) is 12.4 Å². The lowest BCUT2D eigenvalue weighted by Gasteiger charge is -2.08. The molecule has 2 aromatic carbocycles. The molecule has 0 saturated carbocycles. The van der Waals surface area contributed by atoms with E-state index in [1.54, 1.807) is 0 Å². The Balaban J connectivity index is 1.37. The van der Waals surface area contributed by atoms with E-state index >= 15 is 0 Å². The summed E-state index contributed by atoms with van der Waals surface area (Å²) in [6, 6.07) is 17.0. The maximum absolute atomic E-state index is 6.01. The molecular formula is C33H46N2O. The molecule has 0 radical (unpaired) electrons. The Morgan fingerprint density at radius 3 is 1.64 bits per heavy atom. The van der Waals surface area contributed by atoms with E-state index in [0.717, 1.165) is 23.6 Å². The summed E-state index contributed by atoms with van der Waals surface area (Å²) in [5.41, 5.74) is 4.87. The number of rotatable bonds is 18. The van der Waals surface area contributed by atoms with Crippen LogP contribution in [0.4, 0.5) is 0 Å². The predicted molar refractivity (Wildman–Crippen MR) is 152 cm³/mol. The molecule has 0 spiro atoms. The number of hydrogen-bond donors (Lipinski definition) is 0. The fourth-order valence-electron chi connectivity index (χ4n) is 4.52. The summed E-state index contributed by atoms with van der Waals surface area (Å²) in [5, 5.41) is 0. The fraction of sp³-hybridized carbons (Fsp3) is 0.515. The highest BCUT2D eigenvalue weighted by atomic mass is 16.5. The van der Waals surface area contributed by atoms with Crippen molar-refractivity contribution in [1.29, 1.82) is 0 Å². The molecule has 0 aliphatic heterocycles. The van der Waals surface area contributed by atoms with Gasteiger partial charge in [-0.3, -0.25) is 0 Å². The molecule has 0 unspecified atom stereocenters. The van der Waals surface area contributed by atoms with Crippen LogP contribution < -0.4 is 4.74 Å². The van der Waals surface area contributed by atoms with E-state index in [-0.39, 0.29) is 0 Å². The number of hydrogen-bond acceptors (Lipinski definition) is 3. The summed E-state index contributed by atoms with van der Waals surface area (Å²) in [6.45, 7) is 5.11. The smallest absolute Gasteiger partial charge is 0.159 e. The van der Waals surface area contributed by atoms with Crippen molar-refractivity contribution in [3.05, 3.63) is 77.6 Å².